The number of benzene rings is 3. The van der Waals surface area contributed by atoms with Gasteiger partial charge in [-0.1, -0.05) is 69.5 Å². The maximum Gasteiger partial charge on any atom is 0.328 e. The molecule has 10 heteroatoms. The summed E-state index contributed by atoms with van der Waals surface area (Å²) in [7, 11) is 0. The summed E-state index contributed by atoms with van der Waals surface area (Å²) in [6.45, 7) is 1.78. The van der Waals surface area contributed by atoms with Gasteiger partial charge in [-0.15, -0.1) is 0 Å². The molecule has 4 rings (SSSR count). The number of anilines is 1. The normalized spacial score (nSPS) is 11.7. The fraction of sp³-hybridized carbons (Fsp3) is 0.0800. The molecule has 0 radical (unpaired) electrons. The quantitative estimate of drug-likeness (QED) is 0.259. The summed E-state index contributed by atoms with van der Waals surface area (Å²) in [5.41, 5.74) is 4.46. The number of hydrogen-bond donors (Lipinski definition) is 3. The van der Waals surface area contributed by atoms with E-state index in [2.05, 4.69) is 32.0 Å². The first-order valence-corrected chi connectivity index (χ1v) is 12.0. The first-order valence-electron chi connectivity index (χ1n) is 10.5. The number of carbonyl (C=O) groups is 3. The van der Waals surface area contributed by atoms with Crippen LogP contribution >= 0.6 is 39.1 Å². The molecule has 4 aromatic rings. The molecule has 0 aliphatic carbocycles. The summed E-state index contributed by atoms with van der Waals surface area (Å²) in [5, 5.41) is 6.71. The summed E-state index contributed by atoms with van der Waals surface area (Å²) in [6.07, 6.45) is 0. The Morgan fingerprint density at radius 3 is 2.34 bits per heavy atom. The molecule has 7 nitrogen and oxygen atoms in total. The molecule has 0 aliphatic heterocycles. The highest BCUT2D eigenvalue weighted by molar-refractivity contribution is 9.10. The predicted octanol–water partition coefficient (Wildman–Crippen LogP) is 5.91. The van der Waals surface area contributed by atoms with Crippen molar-refractivity contribution in [2.75, 3.05) is 10.7 Å². The van der Waals surface area contributed by atoms with Crippen molar-refractivity contribution in [1.29, 1.82) is 0 Å². The van der Waals surface area contributed by atoms with Crippen molar-refractivity contribution < 1.29 is 14.4 Å². The minimum Gasteiger partial charge on any atom is -0.341 e. The zero-order chi connectivity index (χ0) is 25.1. The van der Waals surface area contributed by atoms with Crippen molar-refractivity contribution in [3.8, 4) is 0 Å². The third-order valence-electron chi connectivity index (χ3n) is 5.24. The Hall–Kier alpha value is -3.33. The average Bonchev–Trinajstić information content (AvgIpc) is 3.19. The van der Waals surface area contributed by atoms with Gasteiger partial charge in [0.05, 0.1) is 21.6 Å². The second-order valence-electron chi connectivity index (χ2n) is 7.70. The number of nitrogens with one attached hydrogen (secondary N) is 3. The van der Waals surface area contributed by atoms with Gasteiger partial charge in [0.15, 0.2) is 0 Å². The first-order chi connectivity index (χ1) is 16.7. The number of amides is 3. The lowest BCUT2D eigenvalue weighted by Gasteiger charge is -2.16. The fourth-order valence-corrected chi connectivity index (χ4v) is 4.16. The van der Waals surface area contributed by atoms with Crippen molar-refractivity contribution in [2.45, 2.75) is 13.0 Å². The second kappa shape index (κ2) is 10.5. The molecule has 0 aliphatic rings. The van der Waals surface area contributed by atoms with Crippen LogP contribution in [0.3, 0.4) is 0 Å². The van der Waals surface area contributed by atoms with Crippen LogP contribution in [-0.4, -0.2) is 22.4 Å². The van der Waals surface area contributed by atoms with Gasteiger partial charge in [0.1, 0.15) is 5.69 Å². The Morgan fingerprint density at radius 1 is 0.886 bits per heavy atom. The number of aromatic nitrogens is 1. The molecule has 35 heavy (non-hydrogen) atoms. The van der Waals surface area contributed by atoms with Crippen LogP contribution in [-0.2, 0) is 9.59 Å². The van der Waals surface area contributed by atoms with E-state index in [1.807, 2.05) is 30.3 Å². The van der Waals surface area contributed by atoms with Crippen LogP contribution in [0.15, 0.2) is 77.3 Å². The summed E-state index contributed by atoms with van der Waals surface area (Å²) in [6, 6.07) is 20.5. The zero-order valence-corrected chi connectivity index (χ0v) is 21.4. The largest absolute Gasteiger partial charge is 0.341 e. The maximum atomic E-state index is 13.1. The minimum absolute atomic E-state index is 0.112. The van der Waals surface area contributed by atoms with Crippen molar-refractivity contribution in [2.24, 2.45) is 0 Å². The van der Waals surface area contributed by atoms with Crippen LogP contribution in [0.2, 0.25) is 10.0 Å². The van der Waals surface area contributed by atoms with Crippen molar-refractivity contribution >= 4 is 73.4 Å². The molecule has 1 heterocycles. The highest BCUT2D eigenvalue weighted by Gasteiger charge is 2.22. The Kier molecular flexibility index (Phi) is 7.45. The standard InChI is InChI=1S/C25H19BrCl2N4O3/c1-14(15-5-3-2-4-6-15)29-24(34)25(35)31-32-21-10-7-17(26)11-16(21)12-22(32)23(33)30-18-8-9-19(27)20(28)13-18/h2-14H,1H3,(H,29,34)(H,30,33)(H,31,35)/t14-/m1/s1. The molecule has 1 aromatic heterocycles. The summed E-state index contributed by atoms with van der Waals surface area (Å²) < 4.78 is 2.07. The lowest BCUT2D eigenvalue weighted by atomic mass is 10.1. The summed E-state index contributed by atoms with van der Waals surface area (Å²) in [5.74, 6) is -2.28. The molecule has 0 spiro atoms. The number of halogens is 3. The number of fused-ring (bicyclic) bond motifs is 1. The molecule has 3 amide bonds. The van der Waals surface area contributed by atoms with Gasteiger partial charge in [0.25, 0.3) is 5.91 Å². The van der Waals surface area contributed by atoms with E-state index >= 15 is 0 Å². The van der Waals surface area contributed by atoms with Gasteiger partial charge >= 0.3 is 11.8 Å². The van der Waals surface area contributed by atoms with Gasteiger partial charge in [-0.2, -0.15) is 0 Å². The summed E-state index contributed by atoms with van der Waals surface area (Å²) in [4.78, 5) is 38.5. The Morgan fingerprint density at radius 2 is 1.63 bits per heavy atom. The van der Waals surface area contributed by atoms with E-state index in [1.54, 1.807) is 43.3 Å². The van der Waals surface area contributed by atoms with Crippen LogP contribution in [0.5, 0.6) is 0 Å². The van der Waals surface area contributed by atoms with Gasteiger partial charge in [0.2, 0.25) is 0 Å². The topological polar surface area (TPSA) is 92.2 Å². The first kappa shape index (κ1) is 24.8. The molecule has 0 bridgehead atoms. The van der Waals surface area contributed by atoms with E-state index in [0.29, 0.717) is 21.6 Å². The molecule has 3 N–H and O–H groups in total. The van der Waals surface area contributed by atoms with Gasteiger partial charge in [-0.05, 0) is 55.0 Å². The van der Waals surface area contributed by atoms with Crippen LogP contribution in [0.4, 0.5) is 5.69 Å². The van der Waals surface area contributed by atoms with Gasteiger partial charge in [-0.25, -0.2) is 4.68 Å². The lowest BCUT2D eigenvalue weighted by Crippen LogP contribution is -2.40. The van der Waals surface area contributed by atoms with Crippen molar-refractivity contribution in [3.05, 3.63) is 98.6 Å². The zero-order valence-electron chi connectivity index (χ0n) is 18.3. The number of hydrogen-bond acceptors (Lipinski definition) is 3. The molecule has 1 atom stereocenters. The molecule has 0 saturated heterocycles. The average molecular weight is 574 g/mol. The number of nitrogens with zero attached hydrogens (tertiary/aromatic N) is 1. The number of rotatable bonds is 5. The number of carbonyl (C=O) groups excluding carboxylic acids is 3. The van der Waals surface area contributed by atoms with E-state index in [9.17, 15) is 14.4 Å². The van der Waals surface area contributed by atoms with Crippen LogP contribution in [0, 0.1) is 0 Å². The van der Waals surface area contributed by atoms with E-state index in [0.717, 1.165) is 10.0 Å². The van der Waals surface area contributed by atoms with Crippen molar-refractivity contribution in [3.63, 3.8) is 0 Å². The minimum atomic E-state index is -0.920. The fourth-order valence-electron chi connectivity index (χ4n) is 3.48. The predicted molar refractivity (Wildman–Crippen MR) is 141 cm³/mol. The van der Waals surface area contributed by atoms with Crippen molar-refractivity contribution in [1.82, 2.24) is 9.99 Å². The van der Waals surface area contributed by atoms with Gasteiger partial charge < -0.3 is 10.6 Å². The highest BCUT2D eigenvalue weighted by Crippen LogP contribution is 2.27. The second-order valence-corrected chi connectivity index (χ2v) is 9.43. The van der Waals surface area contributed by atoms with E-state index in [4.69, 9.17) is 23.2 Å². The Balaban J connectivity index is 1.60. The summed E-state index contributed by atoms with van der Waals surface area (Å²) >= 11 is 15.4. The van der Waals surface area contributed by atoms with E-state index < -0.39 is 17.7 Å². The van der Waals surface area contributed by atoms with E-state index in [1.165, 1.54) is 10.7 Å². The van der Waals surface area contributed by atoms with Gasteiger partial charge in [-0.3, -0.25) is 19.8 Å². The third kappa shape index (κ3) is 5.67. The molecule has 0 saturated carbocycles. The molecule has 3 aromatic carbocycles. The third-order valence-corrected chi connectivity index (χ3v) is 6.47. The lowest BCUT2D eigenvalue weighted by molar-refractivity contribution is -0.137. The maximum absolute atomic E-state index is 13.1. The molecular formula is C25H19BrCl2N4O3. The van der Waals surface area contributed by atoms with Crippen LogP contribution in [0.25, 0.3) is 10.9 Å². The Labute approximate surface area is 219 Å². The van der Waals surface area contributed by atoms with Gasteiger partial charge in [0, 0.05) is 15.5 Å². The Bertz CT molecular complexity index is 1440. The monoisotopic (exact) mass is 572 g/mol. The smallest absolute Gasteiger partial charge is 0.328 e. The molecule has 0 fully saturated rings. The molecular weight excluding hydrogens is 555 g/mol. The SMILES string of the molecule is C[C@@H](NC(=O)C(=O)Nn1c(C(=O)Nc2ccc(Cl)c(Cl)c2)cc2cc(Br)ccc21)c1ccccc1. The molecule has 0 unspecified atom stereocenters. The molecule has 178 valence electrons. The van der Waals surface area contributed by atoms with Crippen LogP contribution in [0.1, 0.15) is 29.0 Å². The van der Waals surface area contributed by atoms with Crippen LogP contribution < -0.4 is 16.1 Å². The highest BCUT2D eigenvalue weighted by atomic mass is 79.9. The van der Waals surface area contributed by atoms with E-state index in [-0.39, 0.29) is 16.8 Å².